The molecule has 0 spiro atoms. The molecule has 11 nitrogen and oxygen atoms in total. The molecule has 0 aliphatic rings. The molecule has 1 amide bonds. The molecule has 0 unspecified atom stereocenters. The Bertz CT molecular complexity index is 1710. The van der Waals surface area contributed by atoms with Crippen molar-refractivity contribution < 1.29 is 37.0 Å². The van der Waals surface area contributed by atoms with Crippen LogP contribution in [-0.2, 0) is 26.1 Å². The lowest BCUT2D eigenvalue weighted by Crippen LogP contribution is -2.22. The highest BCUT2D eigenvalue weighted by atomic mass is 32.2. The van der Waals surface area contributed by atoms with Crippen LogP contribution in [0.25, 0.3) is 10.2 Å². The maximum absolute atomic E-state index is 13.2. The van der Waals surface area contributed by atoms with Crippen molar-refractivity contribution in [2.24, 2.45) is 4.99 Å². The first kappa shape index (κ1) is 27.7. The maximum atomic E-state index is 13.2. The summed E-state index contributed by atoms with van der Waals surface area (Å²) in [6.45, 7) is -0.228. The van der Waals surface area contributed by atoms with Crippen LogP contribution in [0.2, 0.25) is 0 Å². The van der Waals surface area contributed by atoms with Gasteiger partial charge in [-0.05, 0) is 54.6 Å². The van der Waals surface area contributed by atoms with Crippen LogP contribution in [0.15, 0.2) is 70.6 Å². The second-order valence-corrected chi connectivity index (χ2v) is 10.6. The van der Waals surface area contributed by atoms with Gasteiger partial charge >= 0.3 is 5.97 Å². The Balaban J connectivity index is 1.74. The Labute approximate surface area is 228 Å². The number of methoxy groups -OCH3 is 4. The van der Waals surface area contributed by atoms with Gasteiger partial charge in [-0.1, -0.05) is 17.4 Å². The second-order valence-electron chi connectivity index (χ2n) is 7.97. The van der Waals surface area contributed by atoms with Crippen molar-refractivity contribution in [1.82, 2.24) is 4.57 Å². The van der Waals surface area contributed by atoms with Gasteiger partial charge in [-0.15, -0.1) is 0 Å². The predicted molar refractivity (Wildman–Crippen MR) is 145 cm³/mol. The van der Waals surface area contributed by atoms with Crippen LogP contribution in [0, 0.1) is 0 Å². The number of carbonyl (C=O) groups is 2. The van der Waals surface area contributed by atoms with Crippen LogP contribution in [-0.4, -0.2) is 53.3 Å². The number of aromatic nitrogens is 1. The minimum atomic E-state index is -3.92. The molecule has 0 fully saturated rings. The fourth-order valence-corrected chi connectivity index (χ4v) is 5.90. The van der Waals surface area contributed by atoms with Crippen molar-refractivity contribution in [1.29, 1.82) is 0 Å². The normalized spacial score (nSPS) is 11.7. The number of amides is 1. The minimum Gasteiger partial charge on any atom is -0.497 e. The number of nitrogens with zero attached hydrogens (tertiary/aromatic N) is 2. The van der Waals surface area contributed by atoms with Crippen molar-refractivity contribution in [3.8, 4) is 17.2 Å². The summed E-state index contributed by atoms with van der Waals surface area (Å²) in [5, 5.41) is 0. The molecule has 1 aromatic heterocycles. The molecule has 1 heterocycles. The monoisotopic (exact) mass is 571 g/mol. The molecule has 0 aliphatic carbocycles. The number of esters is 1. The predicted octanol–water partition coefficient (Wildman–Crippen LogP) is 3.44. The van der Waals surface area contributed by atoms with Gasteiger partial charge in [0, 0.05) is 11.3 Å². The molecule has 0 saturated heterocycles. The largest absolute Gasteiger partial charge is 0.497 e. The van der Waals surface area contributed by atoms with Crippen LogP contribution < -0.4 is 23.7 Å². The molecule has 4 aromatic rings. The molecule has 0 bridgehead atoms. The van der Waals surface area contributed by atoms with E-state index in [1.54, 1.807) is 12.1 Å². The number of carbonyl (C=O) groups excluding carboxylic acids is 2. The zero-order valence-corrected chi connectivity index (χ0v) is 23.1. The van der Waals surface area contributed by atoms with Gasteiger partial charge in [-0.25, -0.2) is 8.42 Å². The number of rotatable bonds is 9. The molecule has 204 valence electrons. The Hall–Kier alpha value is -4.36. The van der Waals surface area contributed by atoms with Gasteiger partial charge in [0.15, 0.2) is 4.80 Å². The lowest BCUT2D eigenvalue weighted by atomic mass is 10.2. The molecule has 0 atom stereocenters. The second kappa shape index (κ2) is 11.6. The Morgan fingerprint density at radius 2 is 1.62 bits per heavy atom. The van der Waals surface area contributed by atoms with E-state index in [9.17, 15) is 18.0 Å². The summed E-state index contributed by atoms with van der Waals surface area (Å²) in [7, 11) is 1.81. The van der Waals surface area contributed by atoms with Gasteiger partial charge in [0.1, 0.15) is 34.0 Å². The van der Waals surface area contributed by atoms with Crippen molar-refractivity contribution in [3.63, 3.8) is 0 Å². The van der Waals surface area contributed by atoms with E-state index in [-0.39, 0.29) is 27.5 Å². The smallest absolute Gasteiger partial charge is 0.325 e. The van der Waals surface area contributed by atoms with E-state index in [0.717, 1.165) is 11.3 Å². The highest BCUT2D eigenvalue weighted by Crippen LogP contribution is 2.35. The number of sulfonamides is 1. The minimum absolute atomic E-state index is 0.0294. The number of thiazole rings is 1. The molecule has 3 aromatic carbocycles. The summed E-state index contributed by atoms with van der Waals surface area (Å²) in [6, 6.07) is 15.2. The van der Waals surface area contributed by atoms with Gasteiger partial charge in [0.25, 0.3) is 15.9 Å². The third kappa shape index (κ3) is 5.89. The Morgan fingerprint density at radius 1 is 0.923 bits per heavy atom. The molecule has 0 saturated carbocycles. The SMILES string of the molecule is COC(=O)Cn1c(=NC(=O)c2cccc(NS(=O)(=O)c3ccc(OC)cc3)c2)sc2c(OC)ccc(OC)c21. The summed E-state index contributed by atoms with van der Waals surface area (Å²) in [5.41, 5.74) is 0.819. The molecule has 1 N–H and O–H groups in total. The van der Waals surface area contributed by atoms with Crippen LogP contribution in [0.3, 0.4) is 0 Å². The van der Waals surface area contributed by atoms with Gasteiger partial charge in [-0.2, -0.15) is 4.99 Å². The summed E-state index contributed by atoms with van der Waals surface area (Å²) in [6.07, 6.45) is 0. The standard InChI is InChI=1S/C26H25N3O8S2/c1-34-18-8-10-19(11-9-18)39(32,33)28-17-7-5-6-16(14-17)25(31)27-26-29(15-22(30)37-4)23-20(35-2)12-13-21(36-3)24(23)38-26/h5-14,28H,15H2,1-4H3. The fourth-order valence-electron chi connectivity index (χ4n) is 3.72. The van der Waals surface area contributed by atoms with Crippen molar-refractivity contribution in [2.45, 2.75) is 11.4 Å². The zero-order valence-electron chi connectivity index (χ0n) is 21.5. The first-order chi connectivity index (χ1) is 18.7. The van der Waals surface area contributed by atoms with E-state index in [4.69, 9.17) is 18.9 Å². The van der Waals surface area contributed by atoms with E-state index in [0.29, 0.717) is 27.5 Å². The number of hydrogen-bond donors (Lipinski definition) is 1. The summed E-state index contributed by atoms with van der Waals surface area (Å²) in [4.78, 5) is 29.9. The molecule has 0 aliphatic heterocycles. The van der Waals surface area contributed by atoms with Gasteiger partial charge in [-0.3, -0.25) is 14.3 Å². The Morgan fingerprint density at radius 3 is 2.26 bits per heavy atom. The number of anilines is 1. The topological polar surface area (TPSA) is 135 Å². The summed E-state index contributed by atoms with van der Waals surface area (Å²) < 4.78 is 51.1. The van der Waals surface area contributed by atoms with Gasteiger partial charge in [0.2, 0.25) is 0 Å². The van der Waals surface area contributed by atoms with Crippen molar-refractivity contribution in [2.75, 3.05) is 33.2 Å². The van der Waals surface area contributed by atoms with Crippen LogP contribution >= 0.6 is 11.3 Å². The quantitative estimate of drug-likeness (QED) is 0.302. The summed E-state index contributed by atoms with van der Waals surface area (Å²) in [5.74, 6) is 0.282. The Kier molecular flexibility index (Phi) is 8.21. The van der Waals surface area contributed by atoms with E-state index >= 15 is 0 Å². The third-order valence-corrected chi connectivity index (χ3v) is 8.13. The lowest BCUT2D eigenvalue weighted by Gasteiger charge is -2.10. The van der Waals surface area contributed by atoms with Crippen molar-refractivity contribution in [3.05, 3.63) is 71.0 Å². The highest BCUT2D eigenvalue weighted by molar-refractivity contribution is 7.92. The molecule has 4 rings (SSSR count). The number of benzene rings is 3. The molecule has 39 heavy (non-hydrogen) atoms. The average molecular weight is 572 g/mol. The van der Waals surface area contributed by atoms with Crippen LogP contribution in [0.5, 0.6) is 17.2 Å². The van der Waals surface area contributed by atoms with Crippen LogP contribution in [0.4, 0.5) is 5.69 Å². The molecule has 0 radical (unpaired) electrons. The highest BCUT2D eigenvalue weighted by Gasteiger charge is 2.20. The maximum Gasteiger partial charge on any atom is 0.325 e. The molecular formula is C26H25N3O8S2. The van der Waals surface area contributed by atoms with E-state index in [1.165, 1.54) is 81.5 Å². The first-order valence-corrected chi connectivity index (χ1v) is 13.7. The van der Waals surface area contributed by atoms with E-state index < -0.39 is 21.9 Å². The summed E-state index contributed by atoms with van der Waals surface area (Å²) >= 11 is 1.14. The number of nitrogens with one attached hydrogen (secondary N) is 1. The van der Waals surface area contributed by atoms with Gasteiger partial charge in [0.05, 0.1) is 33.3 Å². The van der Waals surface area contributed by atoms with E-state index in [2.05, 4.69) is 9.71 Å². The first-order valence-electron chi connectivity index (χ1n) is 11.4. The van der Waals surface area contributed by atoms with Crippen LogP contribution in [0.1, 0.15) is 10.4 Å². The van der Waals surface area contributed by atoms with E-state index in [1.807, 2.05) is 0 Å². The zero-order chi connectivity index (χ0) is 28.2. The molecular weight excluding hydrogens is 546 g/mol. The average Bonchev–Trinajstić information content (AvgIpc) is 3.29. The van der Waals surface area contributed by atoms with Crippen molar-refractivity contribution >= 4 is 49.1 Å². The number of fused-ring (bicyclic) bond motifs is 1. The van der Waals surface area contributed by atoms with Gasteiger partial charge < -0.3 is 23.5 Å². The fraction of sp³-hybridized carbons (Fsp3) is 0.192. The number of ether oxygens (including phenoxy) is 4. The lowest BCUT2D eigenvalue weighted by molar-refractivity contribution is -0.141. The third-order valence-electron chi connectivity index (χ3n) is 5.64. The molecule has 13 heteroatoms. The number of hydrogen-bond acceptors (Lipinski definition) is 9.